The Balaban J connectivity index is 1.70. The van der Waals surface area contributed by atoms with Crippen LogP contribution in [0.2, 0.25) is 0 Å². The molecule has 36 heavy (non-hydrogen) atoms. The summed E-state index contributed by atoms with van der Waals surface area (Å²) in [5.41, 5.74) is 1.43. The molecule has 16 heteroatoms. The van der Waals surface area contributed by atoms with E-state index < -0.39 is 37.8 Å². The molecule has 0 bridgehead atoms. The van der Waals surface area contributed by atoms with Crippen LogP contribution in [-0.4, -0.2) is 38.7 Å². The van der Waals surface area contributed by atoms with Crippen LogP contribution in [-0.2, 0) is 26.6 Å². The lowest BCUT2D eigenvalue weighted by atomic mass is 10.2. The van der Waals surface area contributed by atoms with Gasteiger partial charge in [0.15, 0.2) is 17.4 Å². The Hall–Kier alpha value is -3.34. The third-order valence-electron chi connectivity index (χ3n) is 4.56. The second kappa shape index (κ2) is 10.3. The molecule has 5 N–H and O–H groups in total. The minimum atomic E-state index is -4.86. The van der Waals surface area contributed by atoms with Gasteiger partial charge in [0.25, 0.3) is 0 Å². The normalized spacial score (nSPS) is 12.4. The summed E-state index contributed by atoms with van der Waals surface area (Å²) in [5.74, 6) is -3.09. The van der Waals surface area contributed by atoms with Crippen LogP contribution < -0.4 is 20.5 Å². The van der Waals surface area contributed by atoms with Crippen LogP contribution in [0, 0.1) is 12.7 Å². The van der Waals surface area contributed by atoms with Crippen molar-refractivity contribution in [1.29, 1.82) is 0 Å². The van der Waals surface area contributed by atoms with Crippen molar-refractivity contribution in [3.05, 3.63) is 65.6 Å². The van der Waals surface area contributed by atoms with Crippen LogP contribution in [0.5, 0.6) is 0 Å². The van der Waals surface area contributed by atoms with Gasteiger partial charge < -0.3 is 10.6 Å². The Morgan fingerprint density at radius 1 is 0.972 bits per heavy atom. The quantitative estimate of drug-likeness (QED) is 0.297. The Morgan fingerprint density at radius 3 is 2.22 bits per heavy atom. The lowest BCUT2D eigenvalue weighted by Crippen LogP contribution is -2.33. The Morgan fingerprint density at radius 2 is 1.61 bits per heavy atom. The van der Waals surface area contributed by atoms with E-state index in [0.717, 1.165) is 6.20 Å². The molecule has 0 aliphatic heterocycles. The van der Waals surface area contributed by atoms with Gasteiger partial charge in [-0.3, -0.25) is 0 Å². The van der Waals surface area contributed by atoms with Gasteiger partial charge in [-0.05, 0) is 42.3 Å². The number of nitrogens with zero attached hydrogens (tertiary/aromatic N) is 2. The zero-order chi connectivity index (χ0) is 26.7. The van der Waals surface area contributed by atoms with Crippen molar-refractivity contribution in [2.45, 2.75) is 24.5 Å². The van der Waals surface area contributed by atoms with Crippen molar-refractivity contribution < 1.29 is 34.4 Å². The molecule has 0 aliphatic rings. The maximum absolute atomic E-state index is 14.3. The highest BCUT2D eigenvalue weighted by Gasteiger charge is 2.34. The fourth-order valence-corrected chi connectivity index (χ4v) is 4.66. The maximum Gasteiger partial charge on any atom is 0.404 e. The van der Waals surface area contributed by atoms with Crippen LogP contribution in [0.4, 0.5) is 40.7 Å². The first-order valence-electron chi connectivity index (χ1n) is 9.94. The standard InChI is InChI=1S/C20H20F4N6O4S2/c1-12-2-5-15(8-17(12)36(25,33)34)29-19-26-10-16(21)18(30-19)28-14-6-3-13(4-7-14)9-27-35(31,32)11-20(22,23)24/h2-8,10,27H,9,11H2,1H3,(H2,25,33,34)(H2,26,28,29,30). The fraction of sp³-hybridized carbons (Fsp3) is 0.200. The van der Waals surface area contributed by atoms with Crippen molar-refractivity contribution in [2.75, 3.05) is 16.4 Å². The van der Waals surface area contributed by atoms with E-state index in [1.54, 1.807) is 13.0 Å². The molecule has 0 aliphatic carbocycles. The first-order valence-corrected chi connectivity index (χ1v) is 13.1. The van der Waals surface area contributed by atoms with Crippen LogP contribution in [0.25, 0.3) is 0 Å². The number of sulfonamides is 2. The number of aromatic nitrogens is 2. The molecule has 0 fully saturated rings. The van der Waals surface area contributed by atoms with E-state index in [2.05, 4.69) is 20.6 Å². The van der Waals surface area contributed by atoms with Crippen molar-refractivity contribution in [1.82, 2.24) is 14.7 Å². The maximum atomic E-state index is 14.3. The largest absolute Gasteiger partial charge is 0.404 e. The van der Waals surface area contributed by atoms with Crippen molar-refractivity contribution in [3.63, 3.8) is 0 Å². The summed E-state index contributed by atoms with van der Waals surface area (Å²) < 4.78 is 99.4. The number of alkyl halides is 3. The van der Waals surface area contributed by atoms with Gasteiger partial charge in [0.1, 0.15) is 0 Å². The van der Waals surface area contributed by atoms with E-state index in [9.17, 15) is 34.4 Å². The number of primary sulfonamides is 1. The van der Waals surface area contributed by atoms with Crippen LogP contribution in [0.15, 0.2) is 53.6 Å². The predicted molar refractivity (Wildman–Crippen MR) is 124 cm³/mol. The molecule has 0 amide bonds. The summed E-state index contributed by atoms with van der Waals surface area (Å²) in [4.78, 5) is 7.73. The lowest BCUT2D eigenvalue weighted by molar-refractivity contribution is -0.106. The third kappa shape index (κ3) is 7.84. The monoisotopic (exact) mass is 548 g/mol. The second-order valence-corrected chi connectivity index (χ2v) is 10.9. The van der Waals surface area contributed by atoms with E-state index in [4.69, 9.17) is 5.14 Å². The molecule has 0 atom stereocenters. The average molecular weight is 549 g/mol. The van der Waals surface area contributed by atoms with Gasteiger partial charge in [-0.25, -0.2) is 36.1 Å². The number of hydrogen-bond acceptors (Lipinski definition) is 8. The van der Waals surface area contributed by atoms with Crippen LogP contribution >= 0.6 is 0 Å². The molecule has 194 valence electrons. The highest BCUT2D eigenvalue weighted by molar-refractivity contribution is 7.89. The Bertz CT molecular complexity index is 1460. The van der Waals surface area contributed by atoms with Gasteiger partial charge in [0.05, 0.1) is 11.1 Å². The zero-order valence-electron chi connectivity index (χ0n) is 18.5. The van der Waals surface area contributed by atoms with E-state index in [1.165, 1.54) is 36.4 Å². The molecular weight excluding hydrogens is 528 g/mol. The highest BCUT2D eigenvalue weighted by Crippen LogP contribution is 2.24. The number of anilines is 4. The SMILES string of the molecule is Cc1ccc(Nc2ncc(F)c(Nc3ccc(CNS(=O)(=O)CC(F)(F)F)cc3)n2)cc1S(N)(=O)=O. The average Bonchev–Trinajstić information content (AvgIpc) is 2.74. The molecule has 3 aromatic rings. The first kappa shape index (κ1) is 27.3. The predicted octanol–water partition coefficient (Wildman–Crippen LogP) is 3.04. The van der Waals surface area contributed by atoms with Crippen LogP contribution in [0.3, 0.4) is 0 Å². The number of nitrogens with two attached hydrogens (primary N) is 1. The van der Waals surface area contributed by atoms with Crippen LogP contribution in [0.1, 0.15) is 11.1 Å². The van der Waals surface area contributed by atoms with E-state index in [1.807, 2.05) is 4.72 Å². The molecule has 1 heterocycles. The second-order valence-electron chi connectivity index (χ2n) is 7.56. The van der Waals surface area contributed by atoms with Gasteiger partial charge in [-0.15, -0.1) is 0 Å². The van der Waals surface area contributed by atoms with Gasteiger partial charge in [-0.2, -0.15) is 18.2 Å². The molecule has 2 aromatic carbocycles. The topological polar surface area (TPSA) is 156 Å². The summed E-state index contributed by atoms with van der Waals surface area (Å²) in [6, 6.07) is 10.1. The number of nitrogens with one attached hydrogen (secondary N) is 3. The number of hydrogen-bond donors (Lipinski definition) is 4. The van der Waals surface area contributed by atoms with Gasteiger partial charge in [0, 0.05) is 17.9 Å². The summed E-state index contributed by atoms with van der Waals surface area (Å²) in [7, 11) is -8.52. The lowest BCUT2D eigenvalue weighted by Gasteiger charge is -2.12. The van der Waals surface area contributed by atoms with Crippen molar-refractivity contribution in [3.8, 4) is 0 Å². The van der Waals surface area contributed by atoms with E-state index in [0.29, 0.717) is 22.5 Å². The summed E-state index contributed by atoms with van der Waals surface area (Å²) in [6.07, 6.45) is -3.98. The highest BCUT2D eigenvalue weighted by atomic mass is 32.2. The van der Waals surface area contributed by atoms with Gasteiger partial charge >= 0.3 is 6.18 Å². The van der Waals surface area contributed by atoms with Crippen molar-refractivity contribution in [2.24, 2.45) is 5.14 Å². The molecule has 1 aromatic heterocycles. The molecule has 10 nitrogen and oxygen atoms in total. The molecule has 0 saturated carbocycles. The minimum absolute atomic E-state index is 0.0567. The molecule has 0 radical (unpaired) electrons. The molecule has 0 saturated heterocycles. The van der Waals surface area contributed by atoms with Gasteiger partial charge in [0.2, 0.25) is 26.0 Å². The molecule has 3 rings (SSSR count). The summed E-state index contributed by atoms with van der Waals surface area (Å²) in [5, 5.41) is 10.7. The minimum Gasteiger partial charge on any atom is -0.338 e. The smallest absolute Gasteiger partial charge is 0.338 e. The fourth-order valence-electron chi connectivity index (χ4n) is 2.93. The third-order valence-corrected chi connectivity index (χ3v) is 6.91. The Labute approximate surface area is 204 Å². The summed E-state index contributed by atoms with van der Waals surface area (Å²) in [6.45, 7) is 1.20. The number of benzene rings is 2. The molecular formula is C20H20F4N6O4S2. The number of aryl methyl sites for hydroxylation is 1. The zero-order valence-corrected chi connectivity index (χ0v) is 20.1. The molecule has 0 spiro atoms. The number of halogens is 4. The Kier molecular flexibility index (Phi) is 7.82. The number of rotatable bonds is 9. The van der Waals surface area contributed by atoms with Crippen molar-refractivity contribution >= 4 is 43.2 Å². The summed E-state index contributed by atoms with van der Waals surface area (Å²) >= 11 is 0. The van der Waals surface area contributed by atoms with Gasteiger partial charge in [-0.1, -0.05) is 18.2 Å². The van der Waals surface area contributed by atoms with E-state index >= 15 is 0 Å². The molecule has 0 unspecified atom stereocenters. The van der Waals surface area contributed by atoms with E-state index in [-0.39, 0.29) is 23.2 Å². The first-order chi connectivity index (χ1) is 16.6.